The molecule has 0 saturated heterocycles. The number of hydrogen-bond donors (Lipinski definition) is 0. The number of benzene rings is 3. The highest BCUT2D eigenvalue weighted by Crippen LogP contribution is 2.30. The van der Waals surface area contributed by atoms with E-state index in [-0.39, 0.29) is 5.82 Å². The van der Waals surface area contributed by atoms with Crippen LogP contribution >= 0.6 is 23.4 Å². The van der Waals surface area contributed by atoms with Gasteiger partial charge in [0.1, 0.15) is 11.6 Å². The van der Waals surface area contributed by atoms with E-state index in [9.17, 15) is 4.39 Å². The third-order valence-corrected chi connectivity index (χ3v) is 5.98. The van der Waals surface area contributed by atoms with Crippen LogP contribution in [0.5, 0.6) is 0 Å². The third-order valence-electron chi connectivity index (χ3n) is 4.67. The monoisotopic (exact) mass is 423 g/mol. The van der Waals surface area contributed by atoms with E-state index < -0.39 is 0 Å². The first kappa shape index (κ1) is 19.7. The van der Waals surface area contributed by atoms with E-state index in [0.717, 1.165) is 22.6 Å². The summed E-state index contributed by atoms with van der Waals surface area (Å²) >= 11 is 7.62. The van der Waals surface area contributed by atoms with E-state index in [0.29, 0.717) is 27.9 Å². The van der Waals surface area contributed by atoms with Crippen LogP contribution in [0.25, 0.3) is 5.69 Å². The van der Waals surface area contributed by atoms with Crippen molar-refractivity contribution in [3.05, 3.63) is 106 Å². The Balaban J connectivity index is 1.71. The van der Waals surface area contributed by atoms with Crippen LogP contribution in [0.3, 0.4) is 0 Å². The minimum atomic E-state index is -0.309. The molecule has 6 heteroatoms. The number of aryl methyl sites for hydroxylation is 1. The van der Waals surface area contributed by atoms with Gasteiger partial charge in [-0.2, -0.15) is 0 Å². The minimum absolute atomic E-state index is 0.309. The molecule has 0 fully saturated rings. The number of aromatic nitrogens is 3. The molecule has 0 radical (unpaired) electrons. The molecule has 0 unspecified atom stereocenters. The summed E-state index contributed by atoms with van der Waals surface area (Å²) in [6, 6.07) is 23.0. The van der Waals surface area contributed by atoms with Crippen molar-refractivity contribution in [1.29, 1.82) is 0 Å². The smallest absolute Gasteiger partial charge is 0.196 e. The van der Waals surface area contributed by atoms with Gasteiger partial charge < -0.3 is 0 Å². The lowest BCUT2D eigenvalue weighted by Crippen LogP contribution is -2.05. The molecule has 3 aromatic carbocycles. The second-order valence-electron chi connectivity index (χ2n) is 6.67. The van der Waals surface area contributed by atoms with Crippen LogP contribution in [0.4, 0.5) is 4.39 Å². The quantitative estimate of drug-likeness (QED) is 0.343. The molecule has 29 heavy (non-hydrogen) atoms. The van der Waals surface area contributed by atoms with Crippen LogP contribution in [-0.2, 0) is 12.2 Å². The molecule has 1 aromatic heterocycles. The zero-order valence-corrected chi connectivity index (χ0v) is 17.4. The van der Waals surface area contributed by atoms with E-state index in [1.807, 2.05) is 36.4 Å². The van der Waals surface area contributed by atoms with E-state index >= 15 is 0 Å². The predicted octanol–water partition coefficient (Wildman–Crippen LogP) is 6.25. The molecular weight excluding hydrogens is 405 g/mol. The molecule has 0 aliphatic carbocycles. The molecule has 0 saturated carbocycles. The summed E-state index contributed by atoms with van der Waals surface area (Å²) < 4.78 is 16.3. The van der Waals surface area contributed by atoms with Crippen molar-refractivity contribution < 1.29 is 4.39 Å². The van der Waals surface area contributed by atoms with Crippen LogP contribution in [0.15, 0.2) is 78.0 Å². The first-order valence-corrected chi connectivity index (χ1v) is 10.6. The minimum Gasteiger partial charge on any atom is -0.273 e. The summed E-state index contributed by atoms with van der Waals surface area (Å²) in [6.45, 7) is 2.06. The highest BCUT2D eigenvalue weighted by molar-refractivity contribution is 7.98. The lowest BCUT2D eigenvalue weighted by molar-refractivity contribution is 0.617. The van der Waals surface area contributed by atoms with Crippen molar-refractivity contribution in [3.8, 4) is 5.69 Å². The fourth-order valence-electron chi connectivity index (χ4n) is 3.15. The van der Waals surface area contributed by atoms with Gasteiger partial charge in [0.25, 0.3) is 0 Å². The third kappa shape index (κ3) is 4.36. The van der Waals surface area contributed by atoms with Crippen molar-refractivity contribution >= 4 is 23.4 Å². The second kappa shape index (κ2) is 8.80. The van der Waals surface area contributed by atoms with Crippen molar-refractivity contribution in [2.24, 2.45) is 0 Å². The molecule has 0 N–H and O–H groups in total. The number of hydrogen-bond acceptors (Lipinski definition) is 3. The molecule has 0 spiro atoms. The topological polar surface area (TPSA) is 30.7 Å². The van der Waals surface area contributed by atoms with E-state index in [1.54, 1.807) is 12.1 Å². The Hall–Kier alpha value is -2.63. The Morgan fingerprint density at radius 1 is 0.931 bits per heavy atom. The molecule has 4 aromatic rings. The number of rotatable bonds is 6. The molecule has 0 amide bonds. The molecule has 1 heterocycles. The van der Waals surface area contributed by atoms with Crippen LogP contribution in [0.2, 0.25) is 5.02 Å². The zero-order valence-electron chi connectivity index (χ0n) is 15.8. The fourth-order valence-corrected chi connectivity index (χ4v) is 4.46. The SMILES string of the molecule is Cc1ccccc1-n1c(Cc2ccccc2)nnc1SCc1c(F)cccc1Cl. The first-order valence-electron chi connectivity index (χ1n) is 9.23. The lowest BCUT2D eigenvalue weighted by atomic mass is 10.1. The molecule has 3 nitrogen and oxygen atoms in total. The number of nitrogens with zero attached hydrogens (tertiary/aromatic N) is 3. The van der Waals surface area contributed by atoms with E-state index in [1.165, 1.54) is 17.8 Å². The van der Waals surface area contributed by atoms with Crippen LogP contribution < -0.4 is 0 Å². The molecule has 0 atom stereocenters. The molecule has 0 aliphatic heterocycles. The average molecular weight is 424 g/mol. The number of para-hydroxylation sites is 1. The van der Waals surface area contributed by atoms with Gasteiger partial charge in [0, 0.05) is 22.8 Å². The molecule has 146 valence electrons. The van der Waals surface area contributed by atoms with Gasteiger partial charge in [-0.15, -0.1) is 10.2 Å². The summed E-state index contributed by atoms with van der Waals surface area (Å²) in [5.41, 5.74) is 3.77. The molecular formula is C23H19ClFN3S. The van der Waals surface area contributed by atoms with Crippen molar-refractivity contribution in [3.63, 3.8) is 0 Å². The van der Waals surface area contributed by atoms with Gasteiger partial charge in [-0.25, -0.2) is 4.39 Å². The van der Waals surface area contributed by atoms with E-state index in [4.69, 9.17) is 11.6 Å². The molecule has 0 bridgehead atoms. The maximum Gasteiger partial charge on any atom is 0.196 e. The zero-order chi connectivity index (χ0) is 20.2. The van der Waals surface area contributed by atoms with Gasteiger partial charge in [-0.1, -0.05) is 78.0 Å². The van der Waals surface area contributed by atoms with Crippen LogP contribution in [0.1, 0.15) is 22.5 Å². The maximum absolute atomic E-state index is 14.2. The average Bonchev–Trinajstić information content (AvgIpc) is 3.11. The summed E-state index contributed by atoms with van der Waals surface area (Å²) in [6.07, 6.45) is 0.656. The number of thioether (sulfide) groups is 1. The second-order valence-corrected chi connectivity index (χ2v) is 8.02. The normalized spacial score (nSPS) is 11.0. The van der Waals surface area contributed by atoms with Gasteiger partial charge >= 0.3 is 0 Å². The maximum atomic E-state index is 14.2. The summed E-state index contributed by atoms with van der Waals surface area (Å²) in [5.74, 6) is 0.907. The van der Waals surface area contributed by atoms with E-state index in [2.05, 4.69) is 39.9 Å². The Bertz CT molecular complexity index is 1110. The lowest BCUT2D eigenvalue weighted by Gasteiger charge is -2.13. The Kier molecular flexibility index (Phi) is 5.97. The van der Waals surface area contributed by atoms with Crippen molar-refractivity contribution in [2.75, 3.05) is 0 Å². The highest BCUT2D eigenvalue weighted by Gasteiger charge is 2.17. The summed E-state index contributed by atoms with van der Waals surface area (Å²) in [4.78, 5) is 0. The predicted molar refractivity (Wildman–Crippen MR) is 116 cm³/mol. The van der Waals surface area contributed by atoms with Gasteiger partial charge in [0.15, 0.2) is 5.16 Å². The Morgan fingerprint density at radius 2 is 1.69 bits per heavy atom. The largest absolute Gasteiger partial charge is 0.273 e. The first-order chi connectivity index (χ1) is 14.1. The Labute approximate surface area is 178 Å². The molecule has 4 rings (SSSR count). The summed E-state index contributed by atoms with van der Waals surface area (Å²) in [5, 5.41) is 10.00. The standard InChI is InChI=1S/C23H19ClFN3S/c1-16-8-5-6-13-21(16)28-22(14-17-9-3-2-4-10-17)26-27-23(28)29-15-18-19(24)11-7-12-20(18)25/h2-13H,14-15H2,1H3. The van der Waals surface area contributed by atoms with Gasteiger partial charge in [-0.05, 0) is 36.2 Å². The number of halogens is 2. The van der Waals surface area contributed by atoms with Gasteiger partial charge in [0.05, 0.1) is 5.69 Å². The van der Waals surface area contributed by atoms with Crippen molar-refractivity contribution in [2.45, 2.75) is 24.3 Å². The fraction of sp³-hybridized carbons (Fsp3) is 0.130. The molecule has 0 aliphatic rings. The Morgan fingerprint density at radius 3 is 2.45 bits per heavy atom. The highest BCUT2D eigenvalue weighted by atomic mass is 35.5. The van der Waals surface area contributed by atoms with Crippen LogP contribution in [-0.4, -0.2) is 14.8 Å². The van der Waals surface area contributed by atoms with Gasteiger partial charge in [0.2, 0.25) is 0 Å². The summed E-state index contributed by atoms with van der Waals surface area (Å²) in [7, 11) is 0. The van der Waals surface area contributed by atoms with Crippen molar-refractivity contribution in [1.82, 2.24) is 14.8 Å². The van der Waals surface area contributed by atoms with Crippen LogP contribution in [0, 0.1) is 12.7 Å². The van der Waals surface area contributed by atoms with Gasteiger partial charge in [-0.3, -0.25) is 4.57 Å².